The zero-order valence-corrected chi connectivity index (χ0v) is 15.8. The first-order valence-corrected chi connectivity index (χ1v) is 10.0. The molecule has 136 valence electrons. The zero-order chi connectivity index (χ0) is 18.5. The first-order valence-electron chi connectivity index (χ1n) is 9.19. The number of fused-ring (bicyclic) bond motifs is 1. The molecule has 1 atom stereocenters. The van der Waals surface area contributed by atoms with E-state index in [1.54, 1.807) is 11.3 Å². The first kappa shape index (κ1) is 16.6. The Bertz CT molecular complexity index is 1050. The molecule has 3 aromatic rings. The predicted molar refractivity (Wildman–Crippen MR) is 107 cm³/mol. The molecule has 1 saturated carbocycles. The van der Waals surface area contributed by atoms with Gasteiger partial charge in [0, 0.05) is 11.6 Å². The third-order valence-electron chi connectivity index (χ3n) is 5.08. The van der Waals surface area contributed by atoms with E-state index in [1.165, 1.54) is 10.5 Å². The van der Waals surface area contributed by atoms with E-state index in [0.717, 1.165) is 33.6 Å². The number of hydrogen-bond acceptors (Lipinski definition) is 5. The fourth-order valence-electron chi connectivity index (χ4n) is 3.48. The Kier molecular flexibility index (Phi) is 3.84. The molecule has 2 aliphatic rings. The molecule has 5 nitrogen and oxygen atoms in total. The fraction of sp³-hybridized carbons (Fsp3) is 0.286. The van der Waals surface area contributed by atoms with Crippen molar-refractivity contribution in [1.82, 2.24) is 10.3 Å². The highest BCUT2D eigenvalue weighted by atomic mass is 32.1. The van der Waals surface area contributed by atoms with Crippen molar-refractivity contribution in [1.29, 1.82) is 0 Å². The quantitative estimate of drug-likeness (QED) is 0.705. The van der Waals surface area contributed by atoms with Crippen LogP contribution in [0.3, 0.4) is 0 Å². The molecule has 2 fully saturated rings. The number of nitrogens with one attached hydrogen (secondary N) is 1. The number of aryl methyl sites for hydroxylation is 1. The minimum Gasteiger partial charge on any atom is -0.303 e. The van der Waals surface area contributed by atoms with Crippen LogP contribution in [0, 0.1) is 6.92 Å². The van der Waals surface area contributed by atoms with E-state index < -0.39 is 0 Å². The first-order chi connectivity index (χ1) is 13.1. The van der Waals surface area contributed by atoms with Crippen LogP contribution >= 0.6 is 11.3 Å². The molecule has 5 rings (SSSR count). The van der Waals surface area contributed by atoms with E-state index in [2.05, 4.69) is 24.4 Å². The maximum absolute atomic E-state index is 12.6. The van der Waals surface area contributed by atoms with Gasteiger partial charge in [0.05, 0.1) is 28.4 Å². The van der Waals surface area contributed by atoms with Crippen LogP contribution in [0.2, 0.25) is 0 Å². The molecule has 1 saturated heterocycles. The van der Waals surface area contributed by atoms with Crippen LogP contribution < -0.4 is 10.2 Å². The van der Waals surface area contributed by atoms with E-state index in [1.807, 2.05) is 30.3 Å². The summed E-state index contributed by atoms with van der Waals surface area (Å²) in [4.78, 5) is 31.0. The highest BCUT2D eigenvalue weighted by molar-refractivity contribution is 7.21. The van der Waals surface area contributed by atoms with Crippen molar-refractivity contribution >= 4 is 39.1 Å². The summed E-state index contributed by atoms with van der Waals surface area (Å²) in [5, 5.41) is 4.21. The summed E-state index contributed by atoms with van der Waals surface area (Å²) in [5.41, 5.74) is 3.83. The van der Waals surface area contributed by atoms with E-state index in [9.17, 15) is 9.59 Å². The lowest BCUT2D eigenvalue weighted by molar-refractivity contribution is -0.121. The Morgan fingerprint density at radius 2 is 1.89 bits per heavy atom. The van der Waals surface area contributed by atoms with Gasteiger partial charge in [-0.3, -0.25) is 9.59 Å². The second-order valence-electron chi connectivity index (χ2n) is 7.30. The molecule has 0 bridgehead atoms. The largest absolute Gasteiger partial charge is 0.303 e. The minimum atomic E-state index is -0.378. The third-order valence-corrected chi connectivity index (χ3v) is 6.14. The second-order valence-corrected chi connectivity index (χ2v) is 8.33. The SMILES string of the molecule is Cc1ccc2nc(-c3ccc(N4C(=O)C[C@H](NC5CC5)C4=O)cc3)sc2c1. The van der Waals surface area contributed by atoms with Gasteiger partial charge in [0.1, 0.15) is 5.01 Å². The molecule has 0 radical (unpaired) electrons. The Hall–Kier alpha value is -2.57. The van der Waals surface area contributed by atoms with Crippen molar-refractivity contribution < 1.29 is 9.59 Å². The average Bonchev–Trinajstić information content (AvgIpc) is 3.30. The smallest absolute Gasteiger partial charge is 0.251 e. The van der Waals surface area contributed by atoms with Crippen molar-refractivity contribution in [3.05, 3.63) is 48.0 Å². The molecule has 1 aliphatic heterocycles. The maximum Gasteiger partial charge on any atom is 0.251 e. The van der Waals surface area contributed by atoms with Crippen LogP contribution in [0.1, 0.15) is 24.8 Å². The number of hydrogen-bond donors (Lipinski definition) is 1. The number of thiazole rings is 1. The lowest BCUT2D eigenvalue weighted by Gasteiger charge is -2.15. The van der Waals surface area contributed by atoms with Crippen LogP contribution in [0.4, 0.5) is 5.69 Å². The second kappa shape index (κ2) is 6.25. The molecular weight excluding hydrogens is 358 g/mol. The highest BCUT2D eigenvalue weighted by Gasteiger charge is 2.41. The molecule has 0 spiro atoms. The van der Waals surface area contributed by atoms with Crippen LogP contribution in [-0.2, 0) is 9.59 Å². The number of nitrogens with zero attached hydrogens (tertiary/aromatic N) is 2. The van der Waals surface area contributed by atoms with Crippen molar-refractivity contribution in [3.63, 3.8) is 0 Å². The van der Waals surface area contributed by atoms with Gasteiger partial charge in [-0.1, -0.05) is 6.07 Å². The minimum absolute atomic E-state index is 0.138. The van der Waals surface area contributed by atoms with Crippen molar-refractivity contribution in [3.8, 4) is 10.6 Å². The molecule has 2 aromatic carbocycles. The molecule has 0 unspecified atom stereocenters. The standard InChI is InChI=1S/C21H19N3O2S/c1-12-2-9-16-18(10-12)27-20(23-16)13-3-7-15(8-4-13)24-19(25)11-17(21(24)26)22-14-5-6-14/h2-4,7-10,14,17,22H,5-6,11H2,1H3/t17-/m0/s1. The lowest BCUT2D eigenvalue weighted by Crippen LogP contribution is -2.39. The van der Waals surface area contributed by atoms with Crippen LogP contribution in [-0.4, -0.2) is 28.9 Å². The number of aromatic nitrogens is 1. The van der Waals surface area contributed by atoms with Gasteiger partial charge in [0.2, 0.25) is 5.91 Å². The van der Waals surface area contributed by atoms with Gasteiger partial charge in [0.25, 0.3) is 5.91 Å². The number of rotatable bonds is 4. The van der Waals surface area contributed by atoms with Gasteiger partial charge in [-0.25, -0.2) is 9.88 Å². The molecule has 2 amide bonds. The normalized spacial score (nSPS) is 20.0. The molecule has 1 aromatic heterocycles. The van der Waals surface area contributed by atoms with Gasteiger partial charge in [-0.15, -0.1) is 11.3 Å². The van der Waals surface area contributed by atoms with Gasteiger partial charge < -0.3 is 5.32 Å². The summed E-state index contributed by atoms with van der Waals surface area (Å²) in [5.74, 6) is -0.281. The van der Waals surface area contributed by atoms with Gasteiger partial charge >= 0.3 is 0 Å². The topological polar surface area (TPSA) is 62.3 Å². The summed E-state index contributed by atoms with van der Waals surface area (Å²) < 4.78 is 1.16. The number of benzene rings is 2. The Morgan fingerprint density at radius 3 is 2.63 bits per heavy atom. The van der Waals surface area contributed by atoms with Crippen molar-refractivity contribution in [2.24, 2.45) is 0 Å². The molecule has 27 heavy (non-hydrogen) atoms. The monoisotopic (exact) mass is 377 g/mol. The number of amides is 2. The van der Waals surface area contributed by atoms with E-state index in [-0.39, 0.29) is 24.3 Å². The molecular formula is C21H19N3O2S. The fourth-order valence-corrected chi connectivity index (χ4v) is 4.55. The molecule has 1 N–H and O–H groups in total. The maximum atomic E-state index is 12.6. The van der Waals surface area contributed by atoms with Gasteiger partial charge in [-0.2, -0.15) is 0 Å². The number of anilines is 1. The van der Waals surface area contributed by atoms with E-state index in [0.29, 0.717) is 11.7 Å². The van der Waals surface area contributed by atoms with Gasteiger partial charge in [0.15, 0.2) is 0 Å². The van der Waals surface area contributed by atoms with Crippen LogP contribution in [0.25, 0.3) is 20.8 Å². The summed E-state index contributed by atoms with van der Waals surface area (Å²) in [6, 6.07) is 13.8. The number of imide groups is 1. The Balaban J connectivity index is 1.40. The molecule has 2 heterocycles. The van der Waals surface area contributed by atoms with Crippen LogP contribution in [0.15, 0.2) is 42.5 Å². The summed E-state index contributed by atoms with van der Waals surface area (Å²) in [6.07, 6.45) is 2.43. The zero-order valence-electron chi connectivity index (χ0n) is 14.9. The number of carbonyl (C=O) groups excluding carboxylic acids is 2. The highest BCUT2D eigenvalue weighted by Crippen LogP contribution is 2.33. The average molecular weight is 377 g/mol. The van der Waals surface area contributed by atoms with E-state index in [4.69, 9.17) is 4.98 Å². The Labute approximate surface area is 161 Å². The molecule has 1 aliphatic carbocycles. The Morgan fingerprint density at radius 1 is 1.11 bits per heavy atom. The lowest BCUT2D eigenvalue weighted by atomic mass is 10.2. The van der Waals surface area contributed by atoms with Crippen LogP contribution in [0.5, 0.6) is 0 Å². The summed E-state index contributed by atoms with van der Waals surface area (Å²) in [7, 11) is 0. The van der Waals surface area contributed by atoms with E-state index >= 15 is 0 Å². The van der Waals surface area contributed by atoms with Gasteiger partial charge in [-0.05, 0) is 61.7 Å². The molecule has 6 heteroatoms. The number of carbonyl (C=O) groups is 2. The predicted octanol–water partition coefficient (Wildman–Crippen LogP) is 3.66. The summed E-state index contributed by atoms with van der Waals surface area (Å²) in [6.45, 7) is 2.07. The van der Waals surface area contributed by atoms with Crippen molar-refractivity contribution in [2.45, 2.75) is 38.3 Å². The summed E-state index contributed by atoms with van der Waals surface area (Å²) >= 11 is 1.65. The third kappa shape index (κ3) is 3.05. The van der Waals surface area contributed by atoms with Crippen molar-refractivity contribution in [2.75, 3.05) is 4.90 Å².